The van der Waals surface area contributed by atoms with Crippen LogP contribution in [-0.2, 0) is 12.3 Å². The number of halogens is 2. The van der Waals surface area contributed by atoms with E-state index in [0.717, 1.165) is 11.3 Å². The van der Waals surface area contributed by atoms with E-state index in [1.54, 1.807) is 18.3 Å². The quantitative estimate of drug-likeness (QED) is 0.613. The molecule has 0 saturated heterocycles. The van der Waals surface area contributed by atoms with Crippen molar-refractivity contribution in [3.8, 4) is 0 Å². The van der Waals surface area contributed by atoms with Crippen LogP contribution in [0.25, 0.3) is 0 Å². The number of fused-ring (bicyclic) bond motifs is 1. The zero-order chi connectivity index (χ0) is 15.9. The number of hydrogen-bond acceptors (Lipinski definition) is 3. The molecule has 0 radical (unpaired) electrons. The van der Waals surface area contributed by atoms with Crippen molar-refractivity contribution in [1.82, 2.24) is 4.98 Å². The van der Waals surface area contributed by atoms with E-state index < -0.39 is 5.72 Å². The highest BCUT2D eigenvalue weighted by atomic mass is 79.9. The molecule has 1 aliphatic heterocycles. The molecule has 0 saturated carbocycles. The highest BCUT2D eigenvalue weighted by Crippen LogP contribution is 2.39. The number of aliphatic hydroxyl groups is 1. The van der Waals surface area contributed by atoms with Gasteiger partial charge in [0.15, 0.2) is 0 Å². The van der Waals surface area contributed by atoms with E-state index in [-0.39, 0.29) is 17.0 Å². The third-order valence-corrected chi connectivity index (χ3v) is 4.33. The third-order valence-electron chi connectivity index (χ3n) is 4.08. The fourth-order valence-electron chi connectivity index (χ4n) is 3.02. The summed E-state index contributed by atoms with van der Waals surface area (Å²) in [5.74, 6) is 0.705. The van der Waals surface area contributed by atoms with Crippen LogP contribution in [-0.4, -0.2) is 10.1 Å². The zero-order valence-electron chi connectivity index (χ0n) is 12.7. The molecule has 4 nitrogen and oxygen atoms in total. The molecule has 1 N–H and O–H groups in total. The summed E-state index contributed by atoms with van der Waals surface area (Å²) in [6.07, 6.45) is 3.65. The summed E-state index contributed by atoms with van der Waals surface area (Å²) in [5.41, 5.74) is 0.443. The Bertz CT molecular complexity index is 844. The minimum absolute atomic E-state index is 0. The lowest BCUT2D eigenvalue weighted by molar-refractivity contribution is -0.685. The molecule has 1 aromatic heterocycles. The SMILES string of the molecule is OC1(c2ccc(Cl)cc2)C[n+]2cccnc2N1c1ccccc1.[Br-]. The smallest absolute Gasteiger partial charge is 0.401 e. The first-order valence-corrected chi connectivity index (χ1v) is 7.74. The van der Waals surface area contributed by atoms with Gasteiger partial charge >= 0.3 is 5.95 Å². The van der Waals surface area contributed by atoms with Crippen molar-refractivity contribution in [3.05, 3.63) is 83.6 Å². The van der Waals surface area contributed by atoms with Gasteiger partial charge in [-0.2, -0.15) is 4.90 Å². The molecule has 0 aliphatic carbocycles. The highest BCUT2D eigenvalue weighted by Gasteiger charge is 2.52. The summed E-state index contributed by atoms with van der Waals surface area (Å²) in [7, 11) is 0. The maximum absolute atomic E-state index is 11.5. The second kappa shape index (κ2) is 6.51. The van der Waals surface area contributed by atoms with Crippen molar-refractivity contribution >= 4 is 23.2 Å². The third kappa shape index (κ3) is 2.69. The molecule has 0 fully saturated rings. The Balaban J connectivity index is 0.00000169. The van der Waals surface area contributed by atoms with Crippen LogP contribution in [0.1, 0.15) is 5.56 Å². The Morgan fingerprint density at radius 2 is 1.75 bits per heavy atom. The van der Waals surface area contributed by atoms with Gasteiger partial charge in [0, 0.05) is 16.7 Å². The van der Waals surface area contributed by atoms with Crippen LogP contribution in [0, 0.1) is 0 Å². The van der Waals surface area contributed by atoms with Crippen molar-refractivity contribution < 1.29 is 26.7 Å². The molecule has 122 valence electrons. The van der Waals surface area contributed by atoms with Crippen LogP contribution in [0.2, 0.25) is 5.02 Å². The Morgan fingerprint density at radius 3 is 2.46 bits per heavy atom. The molecule has 2 aromatic carbocycles. The van der Waals surface area contributed by atoms with Gasteiger partial charge in [-0.1, -0.05) is 46.9 Å². The van der Waals surface area contributed by atoms with E-state index in [4.69, 9.17) is 11.6 Å². The minimum atomic E-state index is -1.21. The average molecular weight is 405 g/mol. The van der Waals surface area contributed by atoms with Crippen molar-refractivity contribution in [1.29, 1.82) is 0 Å². The monoisotopic (exact) mass is 403 g/mol. The molecule has 0 amide bonds. The van der Waals surface area contributed by atoms with E-state index >= 15 is 0 Å². The number of para-hydroxylation sites is 1. The summed E-state index contributed by atoms with van der Waals surface area (Å²) >= 11 is 5.99. The molecule has 1 atom stereocenters. The van der Waals surface area contributed by atoms with Gasteiger partial charge < -0.3 is 22.1 Å². The lowest BCUT2D eigenvalue weighted by atomic mass is 10.0. The Kier molecular flexibility index (Phi) is 4.58. The van der Waals surface area contributed by atoms with Gasteiger partial charge in [-0.05, 0) is 24.3 Å². The molecule has 1 aliphatic rings. The molecule has 4 rings (SSSR count). The Hall–Kier alpha value is -1.95. The molecule has 0 spiro atoms. The fraction of sp³-hybridized carbons (Fsp3) is 0.111. The van der Waals surface area contributed by atoms with Crippen LogP contribution in [0.15, 0.2) is 73.1 Å². The van der Waals surface area contributed by atoms with Crippen LogP contribution >= 0.6 is 11.6 Å². The molecule has 0 bridgehead atoms. The van der Waals surface area contributed by atoms with Crippen LogP contribution in [0.5, 0.6) is 0 Å². The zero-order valence-corrected chi connectivity index (χ0v) is 15.0. The summed E-state index contributed by atoms with van der Waals surface area (Å²) < 4.78 is 1.95. The normalized spacial score (nSPS) is 18.8. The predicted octanol–water partition coefficient (Wildman–Crippen LogP) is 0.0235. The summed E-state index contributed by atoms with van der Waals surface area (Å²) in [6.45, 7) is 0.396. The molecule has 3 aromatic rings. The van der Waals surface area contributed by atoms with E-state index in [9.17, 15) is 5.11 Å². The Morgan fingerprint density at radius 1 is 1.04 bits per heavy atom. The van der Waals surface area contributed by atoms with E-state index in [1.807, 2.05) is 64.2 Å². The van der Waals surface area contributed by atoms with Gasteiger partial charge in [0.2, 0.25) is 5.72 Å². The van der Waals surface area contributed by atoms with Gasteiger partial charge in [0.05, 0.1) is 6.20 Å². The number of hydrogen-bond donors (Lipinski definition) is 1. The van der Waals surface area contributed by atoms with Gasteiger partial charge in [-0.15, -0.1) is 0 Å². The first-order chi connectivity index (χ1) is 11.2. The largest absolute Gasteiger partial charge is 1.00 e. The summed E-state index contributed by atoms with van der Waals surface area (Å²) in [4.78, 5) is 6.32. The van der Waals surface area contributed by atoms with Crippen molar-refractivity contribution in [3.63, 3.8) is 0 Å². The van der Waals surface area contributed by atoms with E-state index in [1.165, 1.54) is 0 Å². The molecule has 6 heteroatoms. The number of benzene rings is 2. The van der Waals surface area contributed by atoms with Gasteiger partial charge in [0.1, 0.15) is 18.4 Å². The number of nitrogens with zero attached hydrogens (tertiary/aromatic N) is 3. The first-order valence-electron chi connectivity index (χ1n) is 7.37. The van der Waals surface area contributed by atoms with Gasteiger partial charge in [-0.3, -0.25) is 0 Å². The highest BCUT2D eigenvalue weighted by molar-refractivity contribution is 6.30. The first kappa shape index (κ1) is 16.9. The summed E-state index contributed by atoms with van der Waals surface area (Å²) in [6, 6.07) is 18.9. The van der Waals surface area contributed by atoms with E-state index in [2.05, 4.69) is 4.98 Å². The van der Waals surface area contributed by atoms with Crippen molar-refractivity contribution in [2.24, 2.45) is 0 Å². The fourth-order valence-corrected chi connectivity index (χ4v) is 3.15. The van der Waals surface area contributed by atoms with Crippen molar-refractivity contribution in [2.75, 3.05) is 4.90 Å². The predicted molar refractivity (Wildman–Crippen MR) is 88.4 cm³/mol. The Labute approximate surface area is 155 Å². The second-order valence-corrected chi connectivity index (χ2v) is 5.98. The lowest BCUT2D eigenvalue weighted by Gasteiger charge is -2.28. The topological polar surface area (TPSA) is 40.2 Å². The molecule has 2 heterocycles. The standard InChI is InChI=1S/C18H15ClN3O.BrH/c19-15-9-7-14(8-10-15)18(23)13-21-12-4-11-20-17(21)22(18)16-5-2-1-3-6-16;/h1-12,23H,13H2;1H/q+1;/p-1. The average Bonchev–Trinajstić information content (AvgIpc) is 2.89. The van der Waals surface area contributed by atoms with Crippen molar-refractivity contribution in [2.45, 2.75) is 12.3 Å². The van der Waals surface area contributed by atoms with Crippen LogP contribution in [0.3, 0.4) is 0 Å². The summed E-state index contributed by atoms with van der Waals surface area (Å²) in [5, 5.41) is 12.2. The van der Waals surface area contributed by atoms with Crippen LogP contribution < -0.4 is 26.4 Å². The van der Waals surface area contributed by atoms with Gasteiger partial charge in [-0.25, -0.2) is 4.57 Å². The maximum Gasteiger partial charge on any atom is 0.401 e. The number of aromatic nitrogens is 2. The molecule has 24 heavy (non-hydrogen) atoms. The minimum Gasteiger partial charge on any atom is -1.00 e. The number of rotatable bonds is 2. The lowest BCUT2D eigenvalue weighted by Crippen LogP contribution is -3.00. The molecule has 1 unspecified atom stereocenters. The van der Waals surface area contributed by atoms with Crippen LogP contribution in [0.4, 0.5) is 11.6 Å². The van der Waals surface area contributed by atoms with E-state index in [0.29, 0.717) is 17.5 Å². The maximum atomic E-state index is 11.5. The number of anilines is 2. The molecular weight excluding hydrogens is 390 g/mol. The van der Waals surface area contributed by atoms with Gasteiger partial charge in [0.25, 0.3) is 0 Å². The second-order valence-electron chi connectivity index (χ2n) is 5.54. The molecular formula is C18H15BrClN3O.